The molecule has 0 radical (unpaired) electrons. The molecule has 0 aromatic rings. The minimum atomic E-state index is 1.32. The maximum atomic E-state index is 8.88. The van der Waals surface area contributed by atoms with Gasteiger partial charge < -0.3 is 0 Å². The first kappa shape index (κ1) is 3.23. The Hall–Kier alpha value is -0.770. The van der Waals surface area contributed by atoms with Gasteiger partial charge in [-0.3, -0.25) is 0 Å². The summed E-state index contributed by atoms with van der Waals surface area (Å²) in [7, 11) is 0. The van der Waals surface area contributed by atoms with Gasteiger partial charge in [0.05, 0.1) is 0 Å². The SMILES string of the molecule is C=C=C=O. The van der Waals surface area contributed by atoms with Crippen molar-refractivity contribution in [1.29, 1.82) is 0 Å². The highest BCUT2D eigenvalue weighted by atomic mass is 16.1. The van der Waals surface area contributed by atoms with Crippen LogP contribution in [-0.2, 0) is 4.79 Å². The average molecular weight is 54.0 g/mol. The summed E-state index contributed by atoms with van der Waals surface area (Å²) in [5, 5.41) is 0. The van der Waals surface area contributed by atoms with Crippen LogP contribution in [0, 0.1) is 0 Å². The second-order valence-corrected chi connectivity index (χ2v) is 0.279. The Labute approximate surface area is 24.3 Å². The topological polar surface area (TPSA) is 17.1 Å². The lowest BCUT2D eigenvalue weighted by Crippen LogP contribution is -1.22. The van der Waals surface area contributed by atoms with Gasteiger partial charge in [0.25, 0.3) is 0 Å². The van der Waals surface area contributed by atoms with Crippen molar-refractivity contribution in [3.8, 4) is 0 Å². The molecule has 0 atom stereocenters. The molecule has 4 heavy (non-hydrogen) atoms. The van der Waals surface area contributed by atoms with Crippen LogP contribution in [0.5, 0.6) is 0 Å². The van der Waals surface area contributed by atoms with Gasteiger partial charge in [0.15, 0.2) is 5.94 Å². The summed E-state index contributed by atoms with van der Waals surface area (Å²) < 4.78 is 0. The van der Waals surface area contributed by atoms with Gasteiger partial charge >= 0.3 is 0 Å². The second-order valence-electron chi connectivity index (χ2n) is 0.279. The Bertz CT molecular complexity index is 53.4. The van der Waals surface area contributed by atoms with Gasteiger partial charge in [0, 0.05) is 0 Å². The van der Waals surface area contributed by atoms with E-state index in [2.05, 4.69) is 6.58 Å². The molecule has 0 bridgehead atoms. The lowest BCUT2D eigenvalue weighted by molar-refractivity contribution is 0.569. The number of carbonyl (C=O) groups excluding carboxylic acids is 1. The van der Waals surface area contributed by atoms with Crippen LogP contribution in [0.4, 0.5) is 0 Å². The molecule has 0 saturated heterocycles. The predicted molar refractivity (Wildman–Crippen MR) is 14.8 cm³/mol. The second kappa shape index (κ2) is 2.23. The molecule has 0 fully saturated rings. The highest BCUT2D eigenvalue weighted by Gasteiger charge is 1.17. The molecule has 0 heterocycles. The van der Waals surface area contributed by atoms with Crippen LogP contribution >= 0.6 is 0 Å². The van der Waals surface area contributed by atoms with Crippen LogP contribution in [0.25, 0.3) is 0 Å². The number of hydrogen-bond donors (Lipinski definition) is 0. The fourth-order valence-corrected chi connectivity index (χ4v) is 0. The van der Waals surface area contributed by atoms with E-state index in [-0.39, 0.29) is 0 Å². The van der Waals surface area contributed by atoms with Gasteiger partial charge in [-0.05, 0) is 12.3 Å². The third kappa shape index (κ3) is 1.23. The van der Waals surface area contributed by atoms with Crippen molar-refractivity contribution < 1.29 is 4.79 Å². The molecule has 0 aliphatic rings. The van der Waals surface area contributed by atoms with E-state index >= 15 is 0 Å². The normalized spacial score (nSPS) is 3.00. The van der Waals surface area contributed by atoms with E-state index in [0.717, 1.165) is 0 Å². The minimum Gasteiger partial charge on any atom is -0.224 e. The smallest absolute Gasteiger partial charge is 0.176 e. The van der Waals surface area contributed by atoms with Crippen LogP contribution in [0.1, 0.15) is 0 Å². The summed E-state index contributed by atoms with van der Waals surface area (Å²) in [4.78, 5) is 8.88. The van der Waals surface area contributed by atoms with Crippen molar-refractivity contribution in [2.75, 3.05) is 0 Å². The lowest BCUT2D eigenvalue weighted by Gasteiger charge is -1.14. The van der Waals surface area contributed by atoms with Gasteiger partial charge in [-0.25, -0.2) is 4.79 Å². The largest absolute Gasteiger partial charge is 0.224 e. The Kier molecular flexibility index (Phi) is 1.80. The van der Waals surface area contributed by atoms with Gasteiger partial charge in [-0.2, -0.15) is 0 Å². The maximum Gasteiger partial charge on any atom is 0.176 e. The summed E-state index contributed by atoms with van der Waals surface area (Å²) in [5.41, 5.74) is 1.88. The van der Waals surface area contributed by atoms with Gasteiger partial charge in [0.2, 0.25) is 0 Å². The molecule has 1 nitrogen and oxygen atoms in total. The van der Waals surface area contributed by atoms with Gasteiger partial charge in [-0.1, -0.05) is 0 Å². The molecule has 0 amide bonds. The summed E-state index contributed by atoms with van der Waals surface area (Å²) in [5.74, 6) is 1.32. The zero-order chi connectivity index (χ0) is 3.41. The van der Waals surface area contributed by atoms with Crippen molar-refractivity contribution in [3.05, 3.63) is 12.3 Å². The first-order valence-corrected chi connectivity index (χ1v) is 0.808. The molecular weight excluding hydrogens is 52.0 g/mol. The van der Waals surface area contributed by atoms with Crippen molar-refractivity contribution in [2.45, 2.75) is 0 Å². The van der Waals surface area contributed by atoms with E-state index in [4.69, 9.17) is 4.79 Å². The van der Waals surface area contributed by atoms with Crippen LogP contribution in [0.3, 0.4) is 0 Å². The fourth-order valence-electron chi connectivity index (χ4n) is 0. The highest BCUT2D eigenvalue weighted by Crippen LogP contribution is 1.15. The zero-order valence-corrected chi connectivity index (χ0v) is 2.12. The molecule has 20 valence electrons. The molecule has 0 rings (SSSR count). The standard InChI is InChI=1S/C3H2O/c1-2-3-4/h1H2. The third-order valence-corrected chi connectivity index (χ3v) is 0.0722. The molecule has 0 N–H and O–H groups in total. The number of rotatable bonds is 0. The van der Waals surface area contributed by atoms with Crippen LogP contribution in [-0.4, -0.2) is 5.94 Å². The van der Waals surface area contributed by atoms with Crippen molar-refractivity contribution >= 4 is 5.94 Å². The molecule has 0 saturated carbocycles. The summed E-state index contributed by atoms with van der Waals surface area (Å²) >= 11 is 0. The molecule has 0 aromatic heterocycles. The Balaban J connectivity index is 3.95. The third-order valence-electron chi connectivity index (χ3n) is 0.0722. The van der Waals surface area contributed by atoms with Crippen LogP contribution < -0.4 is 0 Å². The van der Waals surface area contributed by atoms with E-state index in [9.17, 15) is 0 Å². The quantitative estimate of drug-likeness (QED) is 0.284. The van der Waals surface area contributed by atoms with Crippen molar-refractivity contribution in [3.63, 3.8) is 0 Å². The first-order chi connectivity index (χ1) is 1.91. The van der Waals surface area contributed by atoms with Crippen molar-refractivity contribution in [2.24, 2.45) is 0 Å². The lowest BCUT2D eigenvalue weighted by atomic mass is 11.0. The summed E-state index contributed by atoms with van der Waals surface area (Å²) in [6.07, 6.45) is 0. The van der Waals surface area contributed by atoms with E-state index < -0.39 is 0 Å². The van der Waals surface area contributed by atoms with Crippen LogP contribution in [0.15, 0.2) is 12.3 Å². The van der Waals surface area contributed by atoms with E-state index in [1.807, 2.05) is 5.73 Å². The zero-order valence-electron chi connectivity index (χ0n) is 2.12. The predicted octanol–water partition coefficient (Wildman–Crippen LogP) is 0.159. The van der Waals surface area contributed by atoms with E-state index in [1.165, 1.54) is 5.94 Å². The first-order valence-electron chi connectivity index (χ1n) is 0.808. The molecule has 0 unspecified atom stereocenters. The maximum absolute atomic E-state index is 8.88. The molecular formula is C3H2O. The molecule has 0 aliphatic heterocycles. The molecule has 1 heteroatoms. The minimum absolute atomic E-state index is 1.32. The highest BCUT2D eigenvalue weighted by molar-refractivity contribution is 5.42. The van der Waals surface area contributed by atoms with Gasteiger partial charge in [0.1, 0.15) is 0 Å². The van der Waals surface area contributed by atoms with E-state index in [1.54, 1.807) is 0 Å². The Morgan fingerprint density at radius 2 is 2.00 bits per heavy atom. The molecule has 0 aromatic carbocycles. The Morgan fingerprint density at radius 3 is 2.00 bits per heavy atom. The monoisotopic (exact) mass is 54.0 g/mol. The summed E-state index contributed by atoms with van der Waals surface area (Å²) in [6, 6.07) is 0. The van der Waals surface area contributed by atoms with Gasteiger partial charge in [-0.15, -0.1) is 0 Å². The Morgan fingerprint density at radius 1 is 1.75 bits per heavy atom. The average Bonchev–Trinajstić information content (AvgIpc) is 1.37. The summed E-state index contributed by atoms with van der Waals surface area (Å²) in [6.45, 7) is 2.93. The van der Waals surface area contributed by atoms with Crippen LogP contribution in [0.2, 0.25) is 0 Å². The van der Waals surface area contributed by atoms with E-state index in [0.29, 0.717) is 0 Å². The van der Waals surface area contributed by atoms with Crippen molar-refractivity contribution in [1.82, 2.24) is 0 Å². The molecule has 0 aliphatic carbocycles. The number of hydrogen-bond acceptors (Lipinski definition) is 1. The fraction of sp³-hybridized carbons (Fsp3) is 0. The molecule has 0 spiro atoms.